The maximum Gasteiger partial charge on any atom is 0.411 e. The summed E-state index contributed by atoms with van der Waals surface area (Å²) in [6.45, 7) is 3.68. The van der Waals surface area contributed by atoms with Gasteiger partial charge in [0.2, 0.25) is 5.91 Å². The van der Waals surface area contributed by atoms with E-state index in [9.17, 15) is 29.4 Å². The van der Waals surface area contributed by atoms with Gasteiger partial charge in [-0.2, -0.15) is 0 Å². The monoisotopic (exact) mass is 877 g/mol. The van der Waals surface area contributed by atoms with Gasteiger partial charge in [-0.05, 0) is 109 Å². The van der Waals surface area contributed by atoms with Gasteiger partial charge in [-0.25, -0.2) is 4.79 Å². The largest absolute Gasteiger partial charge is 0.508 e. The molecule has 2 fully saturated rings. The lowest BCUT2D eigenvalue weighted by Gasteiger charge is -2.34. The summed E-state index contributed by atoms with van der Waals surface area (Å²) < 4.78 is 17.1. The van der Waals surface area contributed by atoms with Crippen molar-refractivity contribution >= 4 is 47.1 Å². The molecule has 1 aliphatic carbocycles. The smallest absolute Gasteiger partial charge is 0.411 e. The topological polar surface area (TPSA) is 155 Å². The average molecular weight is 878 g/mol. The van der Waals surface area contributed by atoms with E-state index >= 15 is 0 Å². The first-order chi connectivity index (χ1) is 30.5. The zero-order valence-corrected chi connectivity index (χ0v) is 36.5. The number of nitrogens with zero attached hydrogens (tertiary/aromatic N) is 2. The predicted molar refractivity (Wildman–Crippen MR) is 242 cm³/mol. The first-order valence-corrected chi connectivity index (χ1v) is 22.3. The lowest BCUT2D eigenvalue weighted by Crippen LogP contribution is -2.43. The standard InChI is InChI=1S/C50H56ClN3O9/c1-61-47-29-36(43(51)28-35(47)10-7-13-45(56)41-16-17-46(57)42-31-37(55)14-15-40(41)42)30-49(59)62-32-33-18-26-54(27-19-33)48(58)22-25-53-23-20-38(21-24-53)63-50(60)52-44-12-6-5-11-39(44)34-8-3-2-4-9-34/h2-6,8-9,11-12,14-17,28-29,33,38,45,56-57H,7,10,13,18-27,30-32H2,1H3,(H,52,60)/t45-/m0/s1. The van der Waals surface area contributed by atoms with Gasteiger partial charge in [-0.15, -0.1) is 0 Å². The Labute approximate surface area is 373 Å². The summed E-state index contributed by atoms with van der Waals surface area (Å²) in [5.41, 5.74) is 5.99. The van der Waals surface area contributed by atoms with E-state index in [4.69, 9.17) is 25.8 Å². The Morgan fingerprint density at radius 1 is 0.905 bits per heavy atom. The van der Waals surface area contributed by atoms with E-state index in [-0.39, 0.29) is 54.9 Å². The van der Waals surface area contributed by atoms with Gasteiger partial charge in [-0.3, -0.25) is 19.7 Å². The maximum atomic E-state index is 13.1. The third kappa shape index (κ3) is 12.1. The van der Waals surface area contributed by atoms with Gasteiger partial charge in [0.15, 0.2) is 5.78 Å². The second-order valence-corrected chi connectivity index (χ2v) is 17.0. The molecule has 0 unspecified atom stereocenters. The Kier molecular flexibility index (Phi) is 15.5. The highest BCUT2D eigenvalue weighted by atomic mass is 35.5. The number of allylic oxidation sites excluding steroid dienone is 1. The number of methoxy groups -OCH3 is 1. The number of nitrogens with one attached hydrogen (secondary N) is 1. The number of carbonyl (C=O) groups excluding carboxylic acids is 4. The van der Waals surface area contributed by atoms with Crippen molar-refractivity contribution in [2.45, 2.75) is 76.4 Å². The van der Waals surface area contributed by atoms with Gasteiger partial charge >= 0.3 is 12.1 Å². The van der Waals surface area contributed by atoms with Crippen molar-refractivity contribution in [3.8, 4) is 22.6 Å². The highest BCUT2D eigenvalue weighted by Gasteiger charge is 2.27. The number of carbonyl (C=O) groups is 4. The minimum Gasteiger partial charge on any atom is -0.508 e. The van der Waals surface area contributed by atoms with Crippen molar-refractivity contribution in [1.29, 1.82) is 0 Å². The molecule has 7 rings (SSSR count). The molecule has 2 heterocycles. The van der Waals surface area contributed by atoms with E-state index in [0.29, 0.717) is 96.9 Å². The van der Waals surface area contributed by atoms with Crippen molar-refractivity contribution in [1.82, 2.24) is 9.80 Å². The number of piperidine rings is 2. The molecule has 0 aromatic heterocycles. The van der Waals surface area contributed by atoms with Crippen LogP contribution in [0.5, 0.6) is 11.5 Å². The van der Waals surface area contributed by atoms with Crippen LogP contribution in [0.1, 0.15) is 78.9 Å². The molecule has 63 heavy (non-hydrogen) atoms. The number of benzene rings is 4. The number of aliphatic hydroxyl groups is 1. The summed E-state index contributed by atoms with van der Waals surface area (Å²) in [4.78, 5) is 54.9. The number of amides is 2. The van der Waals surface area contributed by atoms with Crippen LogP contribution in [0.3, 0.4) is 0 Å². The SMILES string of the molecule is COc1cc(CC(=O)OCC2CCN(C(=O)CCN3CCC(OC(=O)Nc4ccccc4-c4ccccc4)CC3)CC2)c(Cl)cc1CCC[C@H](O)c1ccc(O)c2c1C=CC(=O)C2. The average Bonchev–Trinajstić information content (AvgIpc) is 3.29. The fourth-order valence-corrected chi connectivity index (χ4v) is 8.99. The molecular formula is C50H56ClN3O9. The number of rotatable bonds is 16. The molecule has 0 spiro atoms. The number of likely N-dealkylation sites (tertiary alicyclic amines) is 2. The lowest BCUT2D eigenvalue weighted by atomic mass is 9.88. The molecular weight excluding hydrogens is 822 g/mol. The number of aryl methyl sites for hydroxylation is 1. The number of para-hydroxylation sites is 1. The molecule has 4 aromatic rings. The number of hydrogen-bond donors (Lipinski definition) is 3. The van der Waals surface area contributed by atoms with E-state index in [2.05, 4.69) is 10.2 Å². The number of anilines is 1. The second-order valence-electron chi connectivity index (χ2n) is 16.6. The summed E-state index contributed by atoms with van der Waals surface area (Å²) in [7, 11) is 1.56. The van der Waals surface area contributed by atoms with Gasteiger partial charge in [0.25, 0.3) is 0 Å². The molecule has 3 aliphatic rings. The highest BCUT2D eigenvalue weighted by molar-refractivity contribution is 6.31. The highest BCUT2D eigenvalue weighted by Crippen LogP contribution is 2.35. The third-order valence-corrected chi connectivity index (χ3v) is 12.7. The quantitative estimate of drug-likeness (QED) is 0.0936. The van der Waals surface area contributed by atoms with Crippen molar-refractivity contribution in [3.05, 3.63) is 118 Å². The summed E-state index contributed by atoms with van der Waals surface area (Å²) >= 11 is 6.65. The van der Waals surface area contributed by atoms with Gasteiger partial charge in [0.05, 0.1) is 31.9 Å². The number of ether oxygens (including phenoxy) is 3. The number of phenols is 1. The molecule has 332 valence electrons. The number of phenolic OH excluding ortho intramolecular Hbond substituents is 1. The summed E-state index contributed by atoms with van der Waals surface area (Å²) in [6, 6.07) is 24.3. The van der Waals surface area contributed by atoms with E-state index < -0.39 is 12.2 Å². The molecule has 2 amide bonds. The van der Waals surface area contributed by atoms with Gasteiger partial charge in [0, 0.05) is 61.7 Å². The Hall–Kier alpha value is -5.69. The number of aliphatic hydroxyl groups excluding tert-OH is 1. The molecule has 0 bridgehead atoms. The Bertz CT molecular complexity index is 2280. The summed E-state index contributed by atoms with van der Waals surface area (Å²) in [6.07, 6.45) is 6.76. The van der Waals surface area contributed by atoms with E-state index in [1.807, 2.05) is 59.5 Å². The van der Waals surface area contributed by atoms with Crippen molar-refractivity contribution in [2.24, 2.45) is 5.92 Å². The number of hydrogen-bond acceptors (Lipinski definition) is 10. The number of halogens is 1. The van der Waals surface area contributed by atoms with Crippen LogP contribution in [-0.2, 0) is 43.1 Å². The normalized spacial score (nSPS) is 16.3. The van der Waals surface area contributed by atoms with E-state index in [0.717, 1.165) is 42.6 Å². The third-order valence-electron chi connectivity index (χ3n) is 12.4. The minimum absolute atomic E-state index is 0.00659. The summed E-state index contributed by atoms with van der Waals surface area (Å²) in [5, 5.41) is 24.6. The van der Waals surface area contributed by atoms with Crippen LogP contribution >= 0.6 is 11.6 Å². The Morgan fingerprint density at radius 3 is 2.41 bits per heavy atom. The molecule has 12 nitrogen and oxygen atoms in total. The Balaban J connectivity index is 0.777. The maximum absolute atomic E-state index is 13.1. The van der Waals surface area contributed by atoms with Crippen LogP contribution in [0.15, 0.2) is 84.9 Å². The van der Waals surface area contributed by atoms with Crippen molar-refractivity contribution in [2.75, 3.05) is 51.8 Å². The van der Waals surface area contributed by atoms with E-state index in [1.165, 1.54) is 12.1 Å². The molecule has 4 aromatic carbocycles. The fourth-order valence-electron chi connectivity index (χ4n) is 8.73. The fraction of sp³-hybridized carbons (Fsp3) is 0.400. The first kappa shape index (κ1) is 45.3. The number of fused-ring (bicyclic) bond motifs is 1. The Morgan fingerprint density at radius 2 is 1.65 bits per heavy atom. The van der Waals surface area contributed by atoms with Crippen molar-refractivity contribution < 1.29 is 43.6 Å². The van der Waals surface area contributed by atoms with E-state index in [1.54, 1.807) is 31.4 Å². The van der Waals surface area contributed by atoms with Crippen LogP contribution in [0, 0.1) is 5.92 Å². The lowest BCUT2D eigenvalue weighted by molar-refractivity contribution is -0.145. The van der Waals surface area contributed by atoms with Gasteiger partial charge < -0.3 is 34.2 Å². The van der Waals surface area contributed by atoms with Gasteiger partial charge in [0.1, 0.15) is 17.6 Å². The molecule has 2 aliphatic heterocycles. The number of ketones is 1. The molecule has 0 radical (unpaired) electrons. The van der Waals surface area contributed by atoms with Crippen molar-refractivity contribution in [3.63, 3.8) is 0 Å². The zero-order valence-electron chi connectivity index (χ0n) is 35.7. The molecule has 0 saturated carbocycles. The minimum atomic E-state index is -0.791. The van der Waals surface area contributed by atoms with Crippen LogP contribution < -0.4 is 10.1 Å². The van der Waals surface area contributed by atoms with Crippen LogP contribution in [-0.4, -0.2) is 96.3 Å². The molecule has 2 saturated heterocycles. The van der Waals surface area contributed by atoms with Crippen LogP contribution in [0.2, 0.25) is 5.02 Å². The second kappa shape index (κ2) is 21.6. The van der Waals surface area contributed by atoms with Crippen LogP contribution in [0.25, 0.3) is 17.2 Å². The number of aromatic hydroxyl groups is 1. The number of esters is 1. The molecule has 3 N–H and O–H groups in total. The predicted octanol–water partition coefficient (Wildman–Crippen LogP) is 8.34. The van der Waals surface area contributed by atoms with Crippen LogP contribution in [0.4, 0.5) is 10.5 Å². The molecule has 13 heteroatoms. The summed E-state index contributed by atoms with van der Waals surface area (Å²) in [5.74, 6) is 0.449. The van der Waals surface area contributed by atoms with Gasteiger partial charge in [-0.1, -0.05) is 72.3 Å². The zero-order chi connectivity index (χ0) is 44.3. The first-order valence-electron chi connectivity index (χ1n) is 21.9. The molecule has 1 atom stereocenters.